The van der Waals surface area contributed by atoms with Gasteiger partial charge < -0.3 is 4.90 Å². The fourth-order valence-corrected chi connectivity index (χ4v) is 4.68. The highest BCUT2D eigenvalue weighted by Gasteiger charge is 2.31. The van der Waals surface area contributed by atoms with Crippen molar-refractivity contribution in [3.8, 4) is 0 Å². The predicted octanol–water partition coefficient (Wildman–Crippen LogP) is 3.27. The van der Waals surface area contributed by atoms with E-state index in [-0.39, 0.29) is 5.56 Å². The topological polar surface area (TPSA) is 50.5 Å². The first-order chi connectivity index (χ1) is 11.2. The molecule has 2 heterocycles. The molecular formula is C18H26N4OS. The molecule has 2 aromatic rings. The Morgan fingerprint density at radius 1 is 1.38 bits per heavy atom. The quantitative estimate of drug-likeness (QED) is 0.619. The molecule has 0 fully saturated rings. The maximum Gasteiger partial charge on any atom is 0.283 e. The summed E-state index contributed by atoms with van der Waals surface area (Å²) in [6.45, 7) is 8.76. The van der Waals surface area contributed by atoms with Crippen molar-refractivity contribution in [3.63, 3.8) is 0 Å². The third kappa shape index (κ3) is 2.99. The lowest BCUT2D eigenvalue weighted by molar-refractivity contribution is 0.218. The first-order valence-electron chi connectivity index (χ1n) is 8.43. The largest absolute Gasteiger partial charge is 0.367 e. The van der Waals surface area contributed by atoms with Crippen LogP contribution in [0.25, 0.3) is 10.2 Å². The van der Waals surface area contributed by atoms with Crippen molar-refractivity contribution in [3.05, 3.63) is 26.6 Å². The number of aromatic nitrogens is 2. The first kappa shape index (κ1) is 17.1. The second-order valence-corrected chi connectivity index (χ2v) is 9.04. The van der Waals surface area contributed by atoms with Crippen molar-refractivity contribution in [2.24, 2.45) is 16.4 Å². The summed E-state index contributed by atoms with van der Waals surface area (Å²) in [5.74, 6) is 1.30. The molecule has 6 heteroatoms. The van der Waals surface area contributed by atoms with Crippen LogP contribution in [0.4, 0.5) is 0 Å². The fraction of sp³-hybridized carbons (Fsp3) is 0.611. The lowest BCUT2D eigenvalue weighted by atomic mass is 9.72. The summed E-state index contributed by atoms with van der Waals surface area (Å²) < 4.78 is 1.42. The van der Waals surface area contributed by atoms with Crippen molar-refractivity contribution in [1.82, 2.24) is 14.6 Å². The van der Waals surface area contributed by atoms with Crippen LogP contribution in [0.2, 0.25) is 0 Å². The second-order valence-electron chi connectivity index (χ2n) is 7.96. The van der Waals surface area contributed by atoms with Gasteiger partial charge in [-0.15, -0.1) is 11.3 Å². The van der Waals surface area contributed by atoms with Crippen molar-refractivity contribution in [2.45, 2.75) is 47.0 Å². The average molecular weight is 347 g/mol. The van der Waals surface area contributed by atoms with Crippen LogP contribution in [0.1, 0.15) is 43.5 Å². The summed E-state index contributed by atoms with van der Waals surface area (Å²) in [6.07, 6.45) is 4.79. The third-order valence-electron chi connectivity index (χ3n) is 4.85. The Morgan fingerprint density at radius 2 is 2.08 bits per heavy atom. The van der Waals surface area contributed by atoms with E-state index in [2.05, 4.69) is 30.9 Å². The lowest BCUT2D eigenvalue weighted by Gasteiger charge is -2.33. The van der Waals surface area contributed by atoms with E-state index in [1.165, 1.54) is 15.1 Å². The van der Waals surface area contributed by atoms with E-state index >= 15 is 0 Å². The van der Waals surface area contributed by atoms with E-state index in [1.807, 2.05) is 25.9 Å². The van der Waals surface area contributed by atoms with Crippen molar-refractivity contribution in [2.75, 3.05) is 14.1 Å². The van der Waals surface area contributed by atoms with Gasteiger partial charge in [0.25, 0.3) is 5.56 Å². The lowest BCUT2D eigenvalue weighted by Crippen LogP contribution is -2.27. The zero-order valence-corrected chi connectivity index (χ0v) is 16.2. The molecule has 0 saturated carbocycles. The number of nitrogens with zero attached hydrogens (tertiary/aromatic N) is 4. The van der Waals surface area contributed by atoms with Crippen LogP contribution in [-0.2, 0) is 12.8 Å². The smallest absolute Gasteiger partial charge is 0.283 e. The van der Waals surface area contributed by atoms with Crippen molar-refractivity contribution < 1.29 is 0 Å². The number of hydrogen-bond acceptors (Lipinski definition) is 4. The third-order valence-corrected chi connectivity index (χ3v) is 5.99. The van der Waals surface area contributed by atoms with Crippen LogP contribution >= 0.6 is 11.3 Å². The Balaban J connectivity index is 2.12. The van der Waals surface area contributed by atoms with Crippen LogP contribution in [0.5, 0.6) is 0 Å². The minimum Gasteiger partial charge on any atom is -0.367 e. The SMILES string of the molecule is Cc1nc2sc3c(c2c(=O)n1N=CN(C)C)CCC(C(C)(C)C)C3. The summed E-state index contributed by atoms with van der Waals surface area (Å²) in [4.78, 5) is 21.7. The molecule has 1 aliphatic rings. The summed E-state index contributed by atoms with van der Waals surface area (Å²) in [7, 11) is 3.77. The standard InChI is InChI=1S/C18H26N4OS/c1-11-20-16-15(17(23)22(11)19-10-21(5)6)13-8-7-12(18(2,3)4)9-14(13)24-16/h10,12H,7-9H2,1-6H3. The van der Waals surface area contributed by atoms with E-state index < -0.39 is 0 Å². The van der Waals surface area contributed by atoms with Gasteiger partial charge in [0.2, 0.25) is 0 Å². The van der Waals surface area contributed by atoms with Crippen molar-refractivity contribution >= 4 is 27.9 Å². The van der Waals surface area contributed by atoms with E-state index in [4.69, 9.17) is 0 Å². The molecule has 0 spiro atoms. The molecule has 1 atom stereocenters. The van der Waals surface area contributed by atoms with Gasteiger partial charge in [0.05, 0.1) is 5.39 Å². The summed E-state index contributed by atoms with van der Waals surface area (Å²) in [5.41, 5.74) is 1.47. The molecule has 5 nitrogen and oxygen atoms in total. The molecule has 2 aromatic heterocycles. The van der Waals surface area contributed by atoms with Gasteiger partial charge in [-0.2, -0.15) is 9.78 Å². The maximum absolute atomic E-state index is 13.0. The predicted molar refractivity (Wildman–Crippen MR) is 101 cm³/mol. The van der Waals surface area contributed by atoms with Crippen LogP contribution < -0.4 is 5.56 Å². The molecule has 130 valence electrons. The fourth-order valence-electron chi connectivity index (χ4n) is 3.35. The number of rotatable bonds is 2. The van der Waals surface area contributed by atoms with Gasteiger partial charge in [0, 0.05) is 19.0 Å². The molecule has 1 aliphatic carbocycles. The highest BCUT2D eigenvalue weighted by molar-refractivity contribution is 7.18. The molecule has 0 radical (unpaired) electrons. The molecule has 0 saturated heterocycles. The molecular weight excluding hydrogens is 320 g/mol. The Hall–Kier alpha value is -1.69. The minimum atomic E-state index is -0.0395. The molecule has 24 heavy (non-hydrogen) atoms. The summed E-state index contributed by atoms with van der Waals surface area (Å²) in [6, 6.07) is 0. The molecule has 0 aromatic carbocycles. The minimum absolute atomic E-state index is 0.0395. The second kappa shape index (κ2) is 5.99. The molecule has 0 aliphatic heterocycles. The summed E-state index contributed by atoms with van der Waals surface area (Å²) >= 11 is 1.69. The Kier molecular flexibility index (Phi) is 4.28. The van der Waals surface area contributed by atoms with Crippen LogP contribution in [0.3, 0.4) is 0 Å². The number of aryl methyl sites for hydroxylation is 2. The van der Waals surface area contributed by atoms with E-state index in [1.54, 1.807) is 17.7 Å². The van der Waals surface area contributed by atoms with Gasteiger partial charge in [-0.25, -0.2) is 4.98 Å². The molecule has 1 unspecified atom stereocenters. The first-order valence-corrected chi connectivity index (χ1v) is 9.25. The Labute approximate surface area is 147 Å². The zero-order valence-electron chi connectivity index (χ0n) is 15.4. The Morgan fingerprint density at radius 3 is 2.71 bits per heavy atom. The number of fused-ring (bicyclic) bond motifs is 3. The van der Waals surface area contributed by atoms with Gasteiger partial charge in [0.1, 0.15) is 17.0 Å². The Bertz CT molecular complexity index is 854. The van der Waals surface area contributed by atoms with E-state index in [0.717, 1.165) is 29.5 Å². The molecule has 0 bridgehead atoms. The zero-order chi connectivity index (χ0) is 17.6. The highest BCUT2D eigenvalue weighted by Crippen LogP contribution is 2.42. The van der Waals surface area contributed by atoms with Gasteiger partial charge >= 0.3 is 0 Å². The van der Waals surface area contributed by atoms with Gasteiger partial charge in [-0.3, -0.25) is 4.79 Å². The van der Waals surface area contributed by atoms with Gasteiger partial charge in [0.15, 0.2) is 0 Å². The van der Waals surface area contributed by atoms with Gasteiger partial charge in [-0.05, 0) is 43.1 Å². The van der Waals surface area contributed by atoms with Crippen molar-refractivity contribution in [1.29, 1.82) is 0 Å². The van der Waals surface area contributed by atoms with E-state index in [0.29, 0.717) is 17.2 Å². The van der Waals surface area contributed by atoms with E-state index in [9.17, 15) is 4.79 Å². The average Bonchev–Trinajstić information content (AvgIpc) is 2.82. The molecule has 3 rings (SSSR count). The normalized spacial score (nSPS) is 18.3. The van der Waals surface area contributed by atoms with Crippen LogP contribution in [0.15, 0.2) is 9.90 Å². The highest BCUT2D eigenvalue weighted by atomic mass is 32.1. The summed E-state index contributed by atoms with van der Waals surface area (Å²) in [5, 5.41) is 5.07. The monoisotopic (exact) mass is 346 g/mol. The van der Waals surface area contributed by atoms with Crippen LogP contribution in [0, 0.1) is 18.3 Å². The maximum atomic E-state index is 13.0. The van der Waals surface area contributed by atoms with Crippen LogP contribution in [-0.4, -0.2) is 35.0 Å². The molecule has 0 N–H and O–H groups in total. The number of hydrogen-bond donors (Lipinski definition) is 0. The number of thiophene rings is 1. The molecule has 0 amide bonds. The van der Waals surface area contributed by atoms with Gasteiger partial charge in [-0.1, -0.05) is 20.8 Å².